The van der Waals surface area contributed by atoms with Crippen LogP contribution in [-0.2, 0) is 31.4 Å². The van der Waals surface area contributed by atoms with Crippen molar-refractivity contribution in [2.45, 2.75) is 30.2 Å². The van der Waals surface area contributed by atoms with Gasteiger partial charge in [0.1, 0.15) is 0 Å². The van der Waals surface area contributed by atoms with Crippen molar-refractivity contribution in [2.24, 2.45) is 5.41 Å². The fraction of sp³-hybridized carbons (Fsp3) is 0.281. The second kappa shape index (κ2) is 14.1. The first kappa shape index (κ1) is 34.7. The van der Waals surface area contributed by atoms with Gasteiger partial charge in [0.25, 0.3) is 10.0 Å². The number of benzene rings is 4. The number of fused-ring (bicyclic) bond motifs is 1. The second-order valence-electron chi connectivity index (χ2n) is 11.4. The van der Waals surface area contributed by atoms with E-state index in [1.807, 2.05) is 18.2 Å². The van der Waals surface area contributed by atoms with E-state index in [0.29, 0.717) is 42.6 Å². The number of amides is 1. The minimum absolute atomic E-state index is 0. The Morgan fingerprint density at radius 2 is 1.31 bits per heavy atom. The highest BCUT2D eigenvalue weighted by molar-refractivity contribution is 7.93. The predicted octanol–water partition coefficient (Wildman–Crippen LogP) is 5.77. The summed E-state index contributed by atoms with van der Waals surface area (Å²) >= 11 is 5.88. The minimum atomic E-state index is -4.10. The number of alkyl halides is 1. The third-order valence-electron chi connectivity index (χ3n) is 7.67. The molecule has 240 valence electrons. The molecular weight excluding hydrogens is 655 g/mol. The number of rotatable bonds is 10. The van der Waals surface area contributed by atoms with Gasteiger partial charge in [-0.05, 0) is 55.8 Å². The van der Waals surface area contributed by atoms with Crippen LogP contribution in [-0.4, -0.2) is 64.0 Å². The molecule has 0 aliphatic carbocycles. The molecule has 0 unspecified atom stereocenters. The lowest BCUT2D eigenvalue weighted by molar-refractivity contribution is -0.122. The molecule has 4 aromatic carbocycles. The van der Waals surface area contributed by atoms with Crippen LogP contribution in [0.4, 0.5) is 11.4 Å². The monoisotopic (exact) mass is 690 g/mol. The Morgan fingerprint density at radius 3 is 1.91 bits per heavy atom. The standard InChI is InChI=1S/C32H35ClN4O5S2.ClH/c1-32(2,23-33)31(38)34-25-14-16-26(17-15-25)35-43(39,40)29-12-6-11-28-27(29)10-7-13-30(28)44(41,42)37-20-18-36(19-21-37)22-24-8-4-3-5-9-24;/h3-17,35H,18-23H2,1-2H3,(H,34,38);1H. The number of anilines is 2. The molecule has 4 aromatic rings. The summed E-state index contributed by atoms with van der Waals surface area (Å²) in [5.74, 6) is -0.104. The zero-order valence-corrected chi connectivity index (χ0v) is 28.1. The van der Waals surface area contributed by atoms with E-state index in [-0.39, 0.29) is 39.7 Å². The first-order valence-electron chi connectivity index (χ1n) is 14.2. The fourth-order valence-electron chi connectivity index (χ4n) is 5.01. The highest BCUT2D eigenvalue weighted by atomic mass is 35.5. The highest BCUT2D eigenvalue weighted by Gasteiger charge is 2.31. The number of hydrogen-bond acceptors (Lipinski definition) is 6. The Kier molecular flexibility index (Phi) is 10.8. The summed E-state index contributed by atoms with van der Waals surface area (Å²) in [5, 5.41) is 3.41. The SMILES string of the molecule is CC(C)(CCl)C(=O)Nc1ccc(NS(=O)(=O)c2cccc3c(S(=O)(=O)N4CCN(Cc5ccccc5)CC4)cccc23)cc1.Cl. The first-order chi connectivity index (χ1) is 20.9. The molecule has 1 fully saturated rings. The molecule has 0 bridgehead atoms. The minimum Gasteiger partial charge on any atom is -0.326 e. The summed E-state index contributed by atoms with van der Waals surface area (Å²) in [6, 6.07) is 25.7. The van der Waals surface area contributed by atoms with E-state index in [0.717, 1.165) is 6.54 Å². The van der Waals surface area contributed by atoms with Crippen LogP contribution in [0.15, 0.2) is 101 Å². The third-order valence-corrected chi connectivity index (χ3v) is 11.7. The number of hydrogen-bond donors (Lipinski definition) is 2. The normalized spacial score (nSPS) is 14.9. The molecule has 1 saturated heterocycles. The lowest BCUT2D eigenvalue weighted by Crippen LogP contribution is -2.48. The molecule has 1 amide bonds. The van der Waals surface area contributed by atoms with E-state index in [2.05, 4.69) is 27.1 Å². The van der Waals surface area contributed by atoms with Crippen molar-refractivity contribution >= 4 is 72.1 Å². The maximum atomic E-state index is 13.8. The molecule has 45 heavy (non-hydrogen) atoms. The molecular formula is C32H36Cl2N4O5S2. The second-order valence-corrected chi connectivity index (χ2v) is 15.3. The number of carbonyl (C=O) groups excluding carboxylic acids is 1. The van der Waals surface area contributed by atoms with Gasteiger partial charge < -0.3 is 5.32 Å². The Morgan fingerprint density at radius 1 is 0.756 bits per heavy atom. The summed E-state index contributed by atoms with van der Waals surface area (Å²) in [6.07, 6.45) is 0. The Hall–Kier alpha value is -3.19. The summed E-state index contributed by atoms with van der Waals surface area (Å²) in [7, 11) is -7.98. The van der Waals surface area contributed by atoms with Crippen LogP contribution in [0.3, 0.4) is 0 Å². The Labute approximate surface area is 276 Å². The van der Waals surface area contributed by atoms with Crippen LogP contribution >= 0.6 is 24.0 Å². The van der Waals surface area contributed by atoms with Gasteiger partial charge in [0.05, 0.1) is 15.2 Å². The van der Waals surface area contributed by atoms with Crippen LogP contribution in [0.1, 0.15) is 19.4 Å². The lowest BCUT2D eigenvalue weighted by atomic mass is 9.95. The molecule has 9 nitrogen and oxygen atoms in total. The zero-order chi connectivity index (χ0) is 31.5. The number of sulfonamides is 2. The van der Waals surface area contributed by atoms with E-state index in [9.17, 15) is 21.6 Å². The molecule has 1 aliphatic heterocycles. The maximum absolute atomic E-state index is 13.8. The molecule has 1 heterocycles. The Bertz CT molecular complexity index is 1860. The summed E-state index contributed by atoms with van der Waals surface area (Å²) in [5.41, 5.74) is 1.19. The van der Waals surface area contributed by atoms with Gasteiger partial charge in [0.15, 0.2) is 0 Å². The molecule has 13 heteroatoms. The fourth-order valence-corrected chi connectivity index (χ4v) is 8.04. The van der Waals surface area contributed by atoms with Crippen molar-refractivity contribution in [3.05, 3.63) is 96.6 Å². The molecule has 1 aliphatic rings. The summed E-state index contributed by atoms with van der Waals surface area (Å²) in [4.78, 5) is 14.7. The van der Waals surface area contributed by atoms with E-state index in [1.54, 1.807) is 62.4 Å². The molecule has 0 aromatic heterocycles. The largest absolute Gasteiger partial charge is 0.326 e. The van der Waals surface area contributed by atoms with Crippen molar-refractivity contribution in [3.8, 4) is 0 Å². The zero-order valence-electron chi connectivity index (χ0n) is 24.9. The topological polar surface area (TPSA) is 116 Å². The van der Waals surface area contributed by atoms with Gasteiger partial charge in [-0.2, -0.15) is 4.31 Å². The van der Waals surface area contributed by atoms with Crippen LogP contribution in [0.2, 0.25) is 0 Å². The van der Waals surface area contributed by atoms with Crippen molar-refractivity contribution in [3.63, 3.8) is 0 Å². The smallest absolute Gasteiger partial charge is 0.262 e. The van der Waals surface area contributed by atoms with Gasteiger partial charge in [-0.3, -0.25) is 14.4 Å². The molecule has 0 atom stereocenters. The summed E-state index contributed by atoms with van der Waals surface area (Å²) < 4.78 is 58.7. The number of halogens is 2. The van der Waals surface area contributed by atoms with E-state index in [4.69, 9.17) is 11.6 Å². The lowest BCUT2D eigenvalue weighted by Gasteiger charge is -2.34. The van der Waals surface area contributed by atoms with Gasteiger partial charge >= 0.3 is 0 Å². The third kappa shape index (κ3) is 7.79. The maximum Gasteiger partial charge on any atom is 0.262 e. The number of nitrogens with zero attached hydrogens (tertiary/aromatic N) is 2. The van der Waals surface area contributed by atoms with Crippen LogP contribution in [0.25, 0.3) is 10.8 Å². The van der Waals surface area contributed by atoms with Crippen LogP contribution in [0.5, 0.6) is 0 Å². The molecule has 0 radical (unpaired) electrons. The van der Waals surface area contributed by atoms with Gasteiger partial charge in [-0.15, -0.1) is 24.0 Å². The van der Waals surface area contributed by atoms with Gasteiger partial charge in [-0.25, -0.2) is 16.8 Å². The molecule has 5 rings (SSSR count). The van der Waals surface area contributed by atoms with Gasteiger partial charge in [-0.1, -0.05) is 54.6 Å². The van der Waals surface area contributed by atoms with Crippen LogP contribution < -0.4 is 10.0 Å². The summed E-state index contributed by atoms with van der Waals surface area (Å²) in [6.45, 7) is 6.07. The van der Waals surface area contributed by atoms with Crippen molar-refractivity contribution in [2.75, 3.05) is 42.1 Å². The van der Waals surface area contributed by atoms with Gasteiger partial charge in [0, 0.05) is 60.8 Å². The predicted molar refractivity (Wildman–Crippen MR) is 182 cm³/mol. The molecule has 0 spiro atoms. The van der Waals surface area contributed by atoms with Crippen molar-refractivity contribution < 1.29 is 21.6 Å². The van der Waals surface area contributed by atoms with Crippen molar-refractivity contribution in [1.29, 1.82) is 0 Å². The average Bonchev–Trinajstić information content (AvgIpc) is 3.02. The first-order valence-corrected chi connectivity index (χ1v) is 17.6. The van der Waals surface area contributed by atoms with Gasteiger partial charge in [0.2, 0.25) is 15.9 Å². The Balaban J connectivity index is 0.00000461. The number of nitrogens with one attached hydrogen (secondary N) is 2. The number of carbonyl (C=O) groups is 1. The highest BCUT2D eigenvalue weighted by Crippen LogP contribution is 2.32. The van der Waals surface area contributed by atoms with E-state index < -0.39 is 25.5 Å². The van der Waals surface area contributed by atoms with E-state index >= 15 is 0 Å². The quantitative estimate of drug-likeness (QED) is 0.204. The van der Waals surface area contributed by atoms with E-state index in [1.165, 1.54) is 22.0 Å². The number of piperazine rings is 1. The molecule has 0 saturated carbocycles. The average molecular weight is 692 g/mol. The van der Waals surface area contributed by atoms with Crippen molar-refractivity contribution in [1.82, 2.24) is 9.21 Å². The van der Waals surface area contributed by atoms with Crippen LogP contribution in [0, 0.1) is 5.41 Å². The molecule has 2 N–H and O–H groups in total.